The summed E-state index contributed by atoms with van der Waals surface area (Å²) < 4.78 is 111. The van der Waals surface area contributed by atoms with Gasteiger partial charge in [0.15, 0.2) is 0 Å². The van der Waals surface area contributed by atoms with E-state index < -0.39 is 40.1 Å². The molecule has 4 aliphatic heterocycles. The van der Waals surface area contributed by atoms with Gasteiger partial charge in [-0.25, -0.2) is 73.5 Å². The molecular weight excluding hydrogens is 1800 g/mol. The predicted octanol–water partition coefficient (Wildman–Crippen LogP) is 10.4. The second kappa shape index (κ2) is 43.1. The summed E-state index contributed by atoms with van der Waals surface area (Å²) in [6, 6.07) is 35.7. The van der Waals surface area contributed by atoms with Gasteiger partial charge in [0.1, 0.15) is 43.9 Å². The Morgan fingerprint density at radius 1 is 0.281 bits per heavy atom. The molecule has 0 spiro atoms. The Morgan fingerprint density at radius 3 is 0.734 bits per heavy atom. The topological polar surface area (TPSA) is 413 Å². The van der Waals surface area contributed by atoms with Gasteiger partial charge in [0.05, 0.1) is 69.9 Å². The van der Waals surface area contributed by atoms with Crippen molar-refractivity contribution in [3.05, 3.63) is 189 Å². The molecule has 0 amide bonds. The van der Waals surface area contributed by atoms with Crippen molar-refractivity contribution in [3.63, 3.8) is 0 Å². The number of piperazine rings is 4. The molecule has 0 bridgehead atoms. The Bertz CT molecular complexity index is 5910. The third-order valence-electron chi connectivity index (χ3n) is 21.1. The van der Waals surface area contributed by atoms with Crippen molar-refractivity contribution in [3.8, 4) is 0 Å². The number of aromatic nitrogens is 12. The summed E-state index contributed by atoms with van der Waals surface area (Å²) in [5.74, 6) is 4.08. The number of rotatable bonds is 28. The highest BCUT2D eigenvalue weighted by Gasteiger charge is 2.26. The molecule has 0 radical (unpaired) electrons. The van der Waals surface area contributed by atoms with E-state index in [9.17, 15) is 33.7 Å². The molecule has 36 nitrogen and oxygen atoms in total. The Balaban J connectivity index is 0.000000146. The number of anilines is 12. The molecule has 4 aromatic carbocycles. The number of likely N-dealkylation sites (N-methyl/N-ethyl adjacent to an activating group) is 4. The summed E-state index contributed by atoms with van der Waals surface area (Å²) in [5, 5.41) is 16.7. The number of sulfonamides is 4. The molecule has 4 aliphatic rings. The van der Waals surface area contributed by atoms with Crippen molar-refractivity contribution in [1.29, 1.82) is 0 Å². The minimum atomic E-state index is -3.53. The Kier molecular flexibility index (Phi) is 31.9. The van der Waals surface area contributed by atoms with E-state index >= 15 is 0 Å². The van der Waals surface area contributed by atoms with Crippen LogP contribution in [0, 0.1) is 27.7 Å². The van der Waals surface area contributed by atoms with E-state index in [2.05, 4.69) is 167 Å². The fourth-order valence-corrected chi connectivity index (χ4v) is 18.5. The molecule has 8 N–H and O–H groups in total. The van der Waals surface area contributed by atoms with Gasteiger partial charge in [-0.2, -0.15) is 19.9 Å². The average Bonchev–Trinajstić information content (AvgIpc) is 0.801. The summed E-state index contributed by atoms with van der Waals surface area (Å²) >= 11 is 24.4. The van der Waals surface area contributed by atoms with Crippen molar-refractivity contribution >= 4 is 200 Å². The highest BCUT2D eigenvalue weighted by Crippen LogP contribution is 2.32. The third kappa shape index (κ3) is 27.6. The molecule has 4 fully saturated rings. The number of nitrogens with zero attached hydrogens (tertiary/aromatic N) is 20. The van der Waals surface area contributed by atoms with E-state index in [0.29, 0.717) is 134 Å². The predicted molar refractivity (Wildman–Crippen MR) is 517 cm³/mol. The van der Waals surface area contributed by atoms with Gasteiger partial charge in [-0.15, -0.1) is 0 Å². The van der Waals surface area contributed by atoms with E-state index in [1.54, 1.807) is 97.6 Å². The van der Waals surface area contributed by atoms with Crippen LogP contribution in [0.25, 0.3) is 43.6 Å². The van der Waals surface area contributed by atoms with Crippen LogP contribution in [0.1, 0.15) is 22.3 Å². The van der Waals surface area contributed by atoms with E-state index in [0.717, 1.165) is 127 Å². The molecule has 128 heavy (non-hydrogen) atoms. The number of hydrogen-bond acceptors (Lipinski definition) is 32. The quantitative estimate of drug-likeness (QED) is 0.0211. The smallest absolute Gasteiger partial charge is 0.234 e. The van der Waals surface area contributed by atoms with Crippen LogP contribution in [0.15, 0.2) is 146 Å². The first kappa shape index (κ1) is 94.8. The zero-order chi connectivity index (χ0) is 90.9. The molecular formula is C84H104Cl4N28O8S4. The second-order valence-corrected chi connectivity index (χ2v) is 40.5. The van der Waals surface area contributed by atoms with Gasteiger partial charge in [0, 0.05) is 175 Å². The van der Waals surface area contributed by atoms with Crippen LogP contribution < -0.4 is 59.8 Å². The lowest BCUT2D eigenvalue weighted by molar-refractivity contribution is 0.311. The van der Waals surface area contributed by atoms with E-state index in [1.165, 1.54) is 0 Å². The zero-order valence-corrected chi connectivity index (χ0v) is 78.5. The van der Waals surface area contributed by atoms with Gasteiger partial charge in [0.25, 0.3) is 0 Å². The molecule has 0 unspecified atom stereocenters. The minimum Gasteiger partial charge on any atom is -0.368 e. The van der Waals surface area contributed by atoms with Crippen LogP contribution >= 0.6 is 46.4 Å². The van der Waals surface area contributed by atoms with Gasteiger partial charge in [-0.1, -0.05) is 100 Å². The summed E-state index contributed by atoms with van der Waals surface area (Å²) in [7, 11) is -5.77. The van der Waals surface area contributed by atoms with Crippen molar-refractivity contribution in [1.82, 2.24) is 79.4 Å². The lowest BCUT2D eigenvalue weighted by atomic mass is 10.2. The number of hydrogen-bond donors (Lipinski definition) is 8. The second-order valence-electron chi connectivity index (χ2n) is 31.6. The van der Waals surface area contributed by atoms with Crippen LogP contribution in [0.2, 0.25) is 20.6 Å². The summed E-state index contributed by atoms with van der Waals surface area (Å²) in [5.41, 5.74) is 8.82. The Labute approximate surface area is 766 Å². The molecule has 12 heterocycles. The van der Waals surface area contributed by atoms with Crippen molar-refractivity contribution in [2.75, 3.05) is 242 Å². The number of halogens is 4. The average molecular weight is 1900 g/mol. The fourth-order valence-electron chi connectivity index (χ4n) is 14.0. The molecule has 680 valence electrons. The van der Waals surface area contributed by atoms with Gasteiger partial charge in [-0.05, 0) is 145 Å². The molecule has 16 rings (SSSR count). The molecule has 4 saturated heterocycles. The van der Waals surface area contributed by atoms with Gasteiger partial charge in [-0.3, -0.25) is 18.9 Å². The van der Waals surface area contributed by atoms with Crippen molar-refractivity contribution in [2.24, 2.45) is 0 Å². The standard InChI is InChI=1S/4C21H26ClN7O2S/c1-15-3-5-16(6-4-15)27-32(30,31)12-7-23-20-17-13-19(22)24-14-18(17)25-21(26-20)29-10-8-28(2)9-11-29;3*1-15-4-3-5-16(12-15)27-32(30,31)11-6-23-20-17-13-19(22)24-14-18(17)25-21(26-20)29-9-7-28(2)8-10-29/h3-6,13-14,27H,7-12H2,1-2H3,(H,23,25,26);3*3-5,12-14,27H,6-11H2,1-2H3,(H,23,25,26). The first-order valence-electron chi connectivity index (χ1n) is 41.5. The lowest BCUT2D eigenvalue weighted by Crippen LogP contribution is -2.45. The highest BCUT2D eigenvalue weighted by molar-refractivity contribution is 7.93. The molecule has 12 aromatic rings. The Hall–Kier alpha value is -10.8. The van der Waals surface area contributed by atoms with Crippen molar-refractivity contribution in [2.45, 2.75) is 27.7 Å². The molecule has 8 aromatic heterocycles. The summed E-state index contributed by atoms with van der Waals surface area (Å²) in [4.78, 5) is 71.4. The summed E-state index contributed by atoms with van der Waals surface area (Å²) in [6.45, 7) is 22.3. The maximum Gasteiger partial charge on any atom is 0.234 e. The maximum atomic E-state index is 12.5. The van der Waals surface area contributed by atoms with Crippen LogP contribution in [0.5, 0.6) is 0 Å². The van der Waals surface area contributed by atoms with Gasteiger partial charge in [0.2, 0.25) is 63.9 Å². The summed E-state index contributed by atoms with van der Waals surface area (Å²) in [6.07, 6.45) is 6.44. The molecule has 0 atom stereocenters. The largest absolute Gasteiger partial charge is 0.368 e. The van der Waals surface area contributed by atoms with Crippen molar-refractivity contribution < 1.29 is 33.7 Å². The Morgan fingerprint density at radius 2 is 0.508 bits per heavy atom. The van der Waals surface area contributed by atoms with Gasteiger partial charge >= 0.3 is 0 Å². The zero-order valence-electron chi connectivity index (χ0n) is 72.2. The number of nitrogens with one attached hydrogen (secondary N) is 8. The number of pyridine rings is 4. The van der Waals surface area contributed by atoms with E-state index in [1.807, 2.05) is 76.2 Å². The number of aryl methyl sites for hydroxylation is 4. The molecule has 0 aliphatic carbocycles. The van der Waals surface area contributed by atoms with Crippen LogP contribution in [0.3, 0.4) is 0 Å². The first-order chi connectivity index (χ1) is 61.2. The van der Waals surface area contributed by atoms with Gasteiger partial charge < -0.3 is 60.5 Å². The maximum absolute atomic E-state index is 12.5. The normalized spacial score (nSPS) is 15.2. The molecule has 44 heteroatoms. The van der Waals surface area contributed by atoms with E-state index in [4.69, 9.17) is 46.4 Å². The SMILES string of the molecule is Cc1ccc(NS(=O)(=O)CCNc2nc(N3CCN(C)CC3)nc3cnc(Cl)cc23)cc1.Cc1cccc(NS(=O)(=O)CCNc2nc(N3CCN(C)CC3)nc3cnc(Cl)cc23)c1.Cc1cccc(NS(=O)(=O)CCNc2nc(N3CCN(C)CC3)nc3cnc(Cl)cc23)c1.Cc1cccc(NS(=O)(=O)CCNc2nc(N3CCN(C)CC3)nc3cnc(Cl)cc23)c1. The van der Waals surface area contributed by atoms with Crippen LogP contribution in [-0.4, -0.2) is 295 Å². The monoisotopic (exact) mass is 1900 g/mol. The van der Waals surface area contributed by atoms with Crippen LogP contribution in [0.4, 0.5) is 69.8 Å². The number of benzene rings is 4. The third-order valence-corrected chi connectivity index (χ3v) is 27.1. The fraction of sp³-hybridized carbons (Fsp3) is 0.381. The lowest BCUT2D eigenvalue weighted by Gasteiger charge is -2.32. The van der Waals surface area contributed by atoms with Crippen LogP contribution in [-0.2, 0) is 40.1 Å². The van der Waals surface area contributed by atoms with E-state index in [-0.39, 0.29) is 49.2 Å². The highest BCUT2D eigenvalue weighted by atomic mass is 35.5. The first-order valence-corrected chi connectivity index (χ1v) is 49.6. The number of fused-ring (bicyclic) bond motifs is 4. The minimum absolute atomic E-state index is 0.116. The molecule has 0 saturated carbocycles.